The molecule has 5 nitrogen and oxygen atoms in total. The van der Waals surface area contributed by atoms with E-state index in [0.717, 1.165) is 25.1 Å². The molecule has 0 bridgehead atoms. The lowest BCUT2D eigenvalue weighted by Gasteiger charge is -2.30. The normalized spacial score (nSPS) is 28.1. The molecule has 0 unspecified atom stereocenters. The fourth-order valence-electron chi connectivity index (χ4n) is 4.66. The number of hydrogen-bond acceptors (Lipinski definition) is 4. The Kier molecular flexibility index (Phi) is 4.02. The first-order valence-electron chi connectivity index (χ1n) is 8.99. The van der Waals surface area contributed by atoms with Crippen molar-refractivity contribution >= 4 is 40.7 Å². The topological polar surface area (TPSA) is 43.9 Å². The number of carbonyl (C=O) groups excluding carboxylic acids is 2. The molecule has 0 N–H and O–H groups in total. The average molecular weight is 402 g/mol. The minimum atomic E-state index is -0.475. The van der Waals surface area contributed by atoms with Gasteiger partial charge in [-0.25, -0.2) is 14.9 Å². The fourth-order valence-corrected chi connectivity index (χ4v) is 5.16. The molecule has 0 aliphatic carbocycles. The Bertz CT molecular complexity index is 936. The summed E-state index contributed by atoms with van der Waals surface area (Å²) in [6, 6.07) is 14.2. The number of anilines is 1. The van der Waals surface area contributed by atoms with Crippen molar-refractivity contribution in [2.24, 2.45) is 5.92 Å². The first kappa shape index (κ1) is 17.2. The van der Waals surface area contributed by atoms with E-state index in [1.807, 2.05) is 30.3 Å². The van der Waals surface area contributed by atoms with Crippen molar-refractivity contribution in [1.29, 1.82) is 0 Å². The van der Waals surface area contributed by atoms with Crippen LogP contribution in [0.5, 0.6) is 0 Å². The van der Waals surface area contributed by atoms with Crippen LogP contribution in [0.2, 0.25) is 10.0 Å². The van der Waals surface area contributed by atoms with E-state index < -0.39 is 12.0 Å². The molecule has 3 aliphatic heterocycles. The molecule has 3 aliphatic rings. The van der Waals surface area contributed by atoms with E-state index in [1.54, 1.807) is 18.2 Å². The number of carbonyl (C=O) groups is 2. The van der Waals surface area contributed by atoms with Crippen LogP contribution in [0.3, 0.4) is 0 Å². The number of halogens is 2. The highest BCUT2D eigenvalue weighted by molar-refractivity contribution is 6.38. The Hall–Kier alpha value is -1.92. The van der Waals surface area contributed by atoms with Crippen LogP contribution >= 0.6 is 23.2 Å². The van der Waals surface area contributed by atoms with Crippen molar-refractivity contribution in [2.45, 2.75) is 18.5 Å². The Morgan fingerprint density at radius 1 is 0.852 bits per heavy atom. The third-order valence-corrected chi connectivity index (χ3v) is 6.24. The summed E-state index contributed by atoms with van der Waals surface area (Å²) in [6.45, 7) is 1.64. The maximum absolute atomic E-state index is 13.4. The van der Waals surface area contributed by atoms with Crippen LogP contribution in [0.25, 0.3) is 0 Å². The van der Waals surface area contributed by atoms with Crippen molar-refractivity contribution in [1.82, 2.24) is 10.0 Å². The second-order valence-corrected chi connectivity index (χ2v) is 7.96. The predicted octanol–water partition coefficient (Wildman–Crippen LogP) is 3.53. The highest BCUT2D eigenvalue weighted by Crippen LogP contribution is 2.49. The summed E-state index contributed by atoms with van der Waals surface area (Å²) in [5.41, 5.74) is 1.46. The van der Waals surface area contributed by atoms with Crippen LogP contribution in [0.15, 0.2) is 48.5 Å². The van der Waals surface area contributed by atoms with E-state index in [2.05, 4.69) is 10.0 Å². The van der Waals surface area contributed by atoms with Gasteiger partial charge in [-0.1, -0.05) is 53.5 Å². The fraction of sp³-hybridized carbons (Fsp3) is 0.300. The number of hydrazine groups is 1. The Labute approximate surface area is 167 Å². The van der Waals surface area contributed by atoms with E-state index in [-0.39, 0.29) is 17.9 Å². The summed E-state index contributed by atoms with van der Waals surface area (Å²) in [7, 11) is 0. The summed E-state index contributed by atoms with van der Waals surface area (Å²) >= 11 is 12.3. The number of fused-ring (bicyclic) bond motifs is 3. The van der Waals surface area contributed by atoms with Crippen molar-refractivity contribution in [3.05, 3.63) is 64.1 Å². The molecule has 138 valence electrons. The lowest BCUT2D eigenvalue weighted by atomic mass is 9.90. The number of nitrogens with zero attached hydrogens (tertiary/aromatic N) is 3. The third-order valence-electron chi connectivity index (χ3n) is 5.70. The summed E-state index contributed by atoms with van der Waals surface area (Å²) in [6.07, 6.45) is 0.982. The third kappa shape index (κ3) is 2.46. The zero-order chi connectivity index (χ0) is 18.7. The van der Waals surface area contributed by atoms with Gasteiger partial charge in [0.2, 0.25) is 5.91 Å². The van der Waals surface area contributed by atoms with Crippen molar-refractivity contribution in [3.8, 4) is 0 Å². The Balaban J connectivity index is 1.60. The molecule has 2 aromatic rings. The summed E-state index contributed by atoms with van der Waals surface area (Å²) in [4.78, 5) is 28.0. The monoisotopic (exact) mass is 401 g/mol. The second-order valence-electron chi connectivity index (χ2n) is 7.11. The smallest absolute Gasteiger partial charge is 0.253 e. The number of hydrogen-bond donors (Lipinski definition) is 0. The van der Waals surface area contributed by atoms with Gasteiger partial charge in [0.15, 0.2) is 0 Å². The van der Waals surface area contributed by atoms with Gasteiger partial charge in [-0.3, -0.25) is 9.59 Å². The standard InChI is InChI=1S/C20H17Cl2N3O2/c21-13-7-8-15(14(22)11-13)25-19(26)16-17(12-5-2-1-3-6-12)23-9-4-10-24(23)18(16)20(25)27/h1-3,5-8,11,16-18H,4,9-10H2/t16-,17-,18-/m0/s1. The van der Waals surface area contributed by atoms with Gasteiger partial charge < -0.3 is 0 Å². The molecule has 7 heteroatoms. The lowest BCUT2D eigenvalue weighted by Crippen LogP contribution is -2.44. The molecule has 3 atom stereocenters. The zero-order valence-electron chi connectivity index (χ0n) is 14.4. The number of benzene rings is 2. The Morgan fingerprint density at radius 2 is 1.56 bits per heavy atom. The van der Waals surface area contributed by atoms with Gasteiger partial charge in [0.05, 0.1) is 22.7 Å². The summed E-state index contributed by atoms with van der Waals surface area (Å²) < 4.78 is 0. The highest BCUT2D eigenvalue weighted by atomic mass is 35.5. The first-order chi connectivity index (χ1) is 13.1. The van der Waals surface area contributed by atoms with Crippen LogP contribution in [0.4, 0.5) is 5.69 Å². The van der Waals surface area contributed by atoms with Crippen LogP contribution in [0, 0.1) is 5.92 Å². The summed E-state index contributed by atoms with van der Waals surface area (Å²) in [5.74, 6) is -0.844. The molecule has 5 rings (SSSR count). The molecule has 3 fully saturated rings. The SMILES string of the molecule is O=C1[C@@H]2[C@@H](C(=O)N1c1ccc(Cl)cc1Cl)N1CCCN1[C@H]2c1ccccc1. The van der Waals surface area contributed by atoms with E-state index in [1.165, 1.54) is 4.90 Å². The van der Waals surface area contributed by atoms with Gasteiger partial charge in [0, 0.05) is 18.1 Å². The summed E-state index contributed by atoms with van der Waals surface area (Å²) in [5, 5.41) is 5.04. The van der Waals surface area contributed by atoms with Gasteiger partial charge in [-0.2, -0.15) is 0 Å². The van der Waals surface area contributed by atoms with Crippen molar-refractivity contribution in [2.75, 3.05) is 18.0 Å². The highest BCUT2D eigenvalue weighted by Gasteiger charge is 2.63. The molecule has 3 saturated heterocycles. The minimum Gasteiger partial charge on any atom is -0.274 e. The Morgan fingerprint density at radius 3 is 2.26 bits per heavy atom. The van der Waals surface area contributed by atoms with Gasteiger partial charge in [0.1, 0.15) is 6.04 Å². The maximum Gasteiger partial charge on any atom is 0.253 e. The molecule has 3 heterocycles. The zero-order valence-corrected chi connectivity index (χ0v) is 15.9. The average Bonchev–Trinajstić information content (AvgIpc) is 3.29. The molecule has 0 spiro atoms. The largest absolute Gasteiger partial charge is 0.274 e. The number of amides is 2. The first-order valence-corrected chi connectivity index (χ1v) is 9.74. The molecule has 0 radical (unpaired) electrons. The van der Waals surface area contributed by atoms with Gasteiger partial charge in [0.25, 0.3) is 5.91 Å². The van der Waals surface area contributed by atoms with Gasteiger partial charge >= 0.3 is 0 Å². The molecular weight excluding hydrogens is 385 g/mol. The van der Waals surface area contributed by atoms with Crippen LogP contribution < -0.4 is 4.90 Å². The maximum atomic E-state index is 13.4. The van der Waals surface area contributed by atoms with E-state index >= 15 is 0 Å². The van der Waals surface area contributed by atoms with Crippen LogP contribution in [-0.4, -0.2) is 41.0 Å². The number of rotatable bonds is 2. The van der Waals surface area contributed by atoms with Crippen LogP contribution in [-0.2, 0) is 9.59 Å². The van der Waals surface area contributed by atoms with Gasteiger partial charge in [-0.05, 0) is 30.2 Å². The van der Waals surface area contributed by atoms with Crippen molar-refractivity contribution in [3.63, 3.8) is 0 Å². The molecule has 0 saturated carbocycles. The quantitative estimate of drug-likeness (QED) is 0.721. The molecule has 2 aromatic carbocycles. The molecule has 2 amide bonds. The van der Waals surface area contributed by atoms with Crippen molar-refractivity contribution < 1.29 is 9.59 Å². The van der Waals surface area contributed by atoms with E-state index in [4.69, 9.17) is 23.2 Å². The van der Waals surface area contributed by atoms with E-state index in [0.29, 0.717) is 15.7 Å². The second kappa shape index (κ2) is 6.31. The lowest BCUT2D eigenvalue weighted by molar-refractivity contribution is -0.126. The van der Waals surface area contributed by atoms with Gasteiger partial charge in [-0.15, -0.1) is 0 Å². The van der Waals surface area contributed by atoms with E-state index in [9.17, 15) is 9.59 Å². The minimum absolute atomic E-state index is 0.133. The molecule has 27 heavy (non-hydrogen) atoms. The number of imide groups is 1. The van der Waals surface area contributed by atoms with Crippen LogP contribution in [0.1, 0.15) is 18.0 Å². The molecular formula is C20H17Cl2N3O2. The molecule has 0 aromatic heterocycles. The predicted molar refractivity (Wildman–Crippen MR) is 103 cm³/mol.